The Bertz CT molecular complexity index is 1060. The smallest absolute Gasteiger partial charge is 0.335 e. The van der Waals surface area contributed by atoms with Crippen molar-refractivity contribution in [2.24, 2.45) is 0 Å². The maximum absolute atomic E-state index is 13.1. The molecule has 8 heteroatoms. The molecule has 4 amide bonds. The molecule has 3 rings (SSSR count). The van der Waals surface area contributed by atoms with Crippen molar-refractivity contribution in [3.05, 3.63) is 57.1 Å². The van der Waals surface area contributed by atoms with Crippen LogP contribution in [0.15, 0.2) is 40.4 Å². The highest BCUT2D eigenvalue weighted by molar-refractivity contribution is 9.10. The maximum atomic E-state index is 13.1. The third kappa shape index (κ3) is 4.23. The quantitative estimate of drug-likeness (QED) is 0.521. The zero-order valence-corrected chi connectivity index (χ0v) is 18.6. The van der Waals surface area contributed by atoms with Crippen LogP contribution in [0.4, 0.5) is 10.5 Å². The Morgan fingerprint density at radius 3 is 2.33 bits per heavy atom. The molecule has 0 saturated carbocycles. The summed E-state index contributed by atoms with van der Waals surface area (Å²) in [5.74, 6) is -0.482. The van der Waals surface area contributed by atoms with Gasteiger partial charge in [-0.3, -0.25) is 14.9 Å². The lowest BCUT2D eigenvalue weighted by molar-refractivity contribution is -0.122. The van der Waals surface area contributed by atoms with Crippen LogP contribution in [0.5, 0.6) is 11.5 Å². The van der Waals surface area contributed by atoms with Crippen molar-refractivity contribution in [2.75, 3.05) is 18.6 Å². The summed E-state index contributed by atoms with van der Waals surface area (Å²) in [6.45, 7) is 6.04. The Balaban J connectivity index is 2.05. The Hall–Kier alpha value is -3.13. The molecule has 0 aliphatic carbocycles. The average Bonchev–Trinajstić information content (AvgIpc) is 2.66. The molecule has 0 aromatic heterocycles. The van der Waals surface area contributed by atoms with E-state index in [1.165, 1.54) is 13.2 Å². The van der Waals surface area contributed by atoms with Crippen LogP contribution in [0.1, 0.15) is 23.6 Å². The number of aryl methyl sites for hydroxylation is 2. The van der Waals surface area contributed by atoms with Crippen LogP contribution in [0.25, 0.3) is 6.08 Å². The molecule has 0 spiro atoms. The van der Waals surface area contributed by atoms with Crippen LogP contribution < -0.4 is 19.7 Å². The Morgan fingerprint density at radius 1 is 1.07 bits per heavy atom. The molecule has 1 fully saturated rings. The minimum absolute atomic E-state index is 0.160. The molecule has 156 valence electrons. The van der Waals surface area contributed by atoms with E-state index in [4.69, 9.17) is 9.47 Å². The summed E-state index contributed by atoms with van der Waals surface area (Å²) in [6, 6.07) is 7.95. The van der Waals surface area contributed by atoms with E-state index < -0.39 is 17.8 Å². The molecule has 30 heavy (non-hydrogen) atoms. The zero-order chi connectivity index (χ0) is 22.0. The summed E-state index contributed by atoms with van der Waals surface area (Å²) in [5, 5.41) is 2.23. The standard InChI is InChI=1S/C22H21BrN2O5/c1-5-30-19-17(23)10-14(11-18(19)29-4)9-16-20(26)24-22(28)25(21(16)27)15-7-12(2)6-13(3)8-15/h6-11H,5H2,1-4H3,(H,24,26,28)/b16-9+. The van der Waals surface area contributed by atoms with Crippen molar-refractivity contribution in [3.8, 4) is 11.5 Å². The van der Waals surface area contributed by atoms with E-state index in [0.717, 1.165) is 16.0 Å². The molecule has 2 aromatic carbocycles. The lowest BCUT2D eigenvalue weighted by Crippen LogP contribution is -2.54. The molecule has 7 nitrogen and oxygen atoms in total. The average molecular weight is 473 g/mol. The van der Waals surface area contributed by atoms with Gasteiger partial charge in [0.25, 0.3) is 11.8 Å². The van der Waals surface area contributed by atoms with Crippen LogP contribution in [-0.2, 0) is 9.59 Å². The van der Waals surface area contributed by atoms with Gasteiger partial charge in [-0.1, -0.05) is 6.07 Å². The second-order valence-corrected chi connectivity index (χ2v) is 7.63. The molecular weight excluding hydrogens is 452 g/mol. The number of barbiturate groups is 1. The number of ether oxygens (including phenoxy) is 2. The number of amides is 4. The number of hydrogen-bond acceptors (Lipinski definition) is 5. The highest BCUT2D eigenvalue weighted by atomic mass is 79.9. The SMILES string of the molecule is CCOc1c(Br)cc(/C=C2\C(=O)NC(=O)N(c3cc(C)cc(C)c3)C2=O)cc1OC. The number of nitrogens with one attached hydrogen (secondary N) is 1. The van der Waals surface area contributed by atoms with E-state index in [-0.39, 0.29) is 5.57 Å². The number of nitrogens with zero attached hydrogens (tertiary/aromatic N) is 1. The molecule has 0 bridgehead atoms. The van der Waals surface area contributed by atoms with E-state index in [2.05, 4.69) is 21.2 Å². The van der Waals surface area contributed by atoms with Crippen molar-refractivity contribution in [3.63, 3.8) is 0 Å². The lowest BCUT2D eigenvalue weighted by atomic mass is 10.0. The molecule has 1 heterocycles. The van der Waals surface area contributed by atoms with Crippen LogP contribution in [0.2, 0.25) is 0 Å². The number of halogens is 1. The third-order valence-electron chi connectivity index (χ3n) is 4.42. The number of methoxy groups -OCH3 is 1. The Morgan fingerprint density at radius 2 is 1.73 bits per heavy atom. The Kier molecular flexibility index (Phi) is 6.26. The monoisotopic (exact) mass is 472 g/mol. The van der Waals surface area contributed by atoms with Crippen molar-refractivity contribution in [1.29, 1.82) is 0 Å². The molecule has 2 aromatic rings. The van der Waals surface area contributed by atoms with Gasteiger partial charge in [-0.2, -0.15) is 0 Å². The number of anilines is 1. The molecule has 0 unspecified atom stereocenters. The maximum Gasteiger partial charge on any atom is 0.335 e. The van der Waals surface area contributed by atoms with E-state index in [9.17, 15) is 14.4 Å². The van der Waals surface area contributed by atoms with Crippen molar-refractivity contribution < 1.29 is 23.9 Å². The molecular formula is C22H21BrN2O5. The highest BCUT2D eigenvalue weighted by Crippen LogP contribution is 2.37. The number of benzene rings is 2. The summed E-state index contributed by atoms with van der Waals surface area (Å²) in [6.07, 6.45) is 1.42. The molecule has 1 N–H and O–H groups in total. The van der Waals surface area contributed by atoms with Gasteiger partial charge in [-0.25, -0.2) is 9.69 Å². The largest absolute Gasteiger partial charge is 0.493 e. The number of rotatable bonds is 5. The van der Waals surface area contributed by atoms with Crippen molar-refractivity contribution >= 4 is 45.5 Å². The fourth-order valence-electron chi connectivity index (χ4n) is 3.25. The summed E-state index contributed by atoms with van der Waals surface area (Å²) >= 11 is 3.42. The van der Waals surface area contributed by atoms with Gasteiger partial charge >= 0.3 is 6.03 Å². The van der Waals surface area contributed by atoms with Crippen LogP contribution in [0.3, 0.4) is 0 Å². The normalized spacial score (nSPS) is 15.4. The number of carbonyl (C=O) groups excluding carboxylic acids is 3. The molecule has 1 aliphatic rings. The first kappa shape index (κ1) is 21.6. The van der Waals surface area contributed by atoms with E-state index in [1.54, 1.807) is 24.3 Å². The number of carbonyl (C=O) groups is 3. The van der Waals surface area contributed by atoms with Crippen molar-refractivity contribution in [1.82, 2.24) is 5.32 Å². The van der Waals surface area contributed by atoms with Crippen LogP contribution in [-0.4, -0.2) is 31.6 Å². The van der Waals surface area contributed by atoms with Gasteiger partial charge in [-0.05, 0) is 83.7 Å². The fraction of sp³-hybridized carbons (Fsp3) is 0.227. The highest BCUT2D eigenvalue weighted by Gasteiger charge is 2.37. The lowest BCUT2D eigenvalue weighted by Gasteiger charge is -2.27. The predicted octanol–water partition coefficient (Wildman–Crippen LogP) is 4.14. The Labute approximate surface area is 182 Å². The first-order valence-corrected chi connectivity index (χ1v) is 10.0. The van der Waals surface area contributed by atoms with Gasteiger partial charge < -0.3 is 9.47 Å². The third-order valence-corrected chi connectivity index (χ3v) is 5.01. The molecule has 1 aliphatic heterocycles. The predicted molar refractivity (Wildman–Crippen MR) is 117 cm³/mol. The van der Waals surface area contributed by atoms with Gasteiger partial charge in [0, 0.05) is 0 Å². The molecule has 0 atom stereocenters. The number of hydrogen-bond donors (Lipinski definition) is 1. The molecule has 0 radical (unpaired) electrons. The second kappa shape index (κ2) is 8.71. The van der Waals surface area contributed by atoms with Crippen LogP contribution >= 0.6 is 15.9 Å². The van der Waals surface area contributed by atoms with Gasteiger partial charge in [0.05, 0.1) is 23.9 Å². The van der Waals surface area contributed by atoms with E-state index >= 15 is 0 Å². The zero-order valence-electron chi connectivity index (χ0n) is 17.0. The van der Waals surface area contributed by atoms with Crippen LogP contribution in [0, 0.1) is 13.8 Å². The van der Waals surface area contributed by atoms with Gasteiger partial charge in [-0.15, -0.1) is 0 Å². The van der Waals surface area contributed by atoms with Gasteiger partial charge in [0.15, 0.2) is 11.5 Å². The second-order valence-electron chi connectivity index (χ2n) is 6.77. The summed E-state index contributed by atoms with van der Waals surface area (Å²) in [5.41, 5.74) is 2.57. The minimum atomic E-state index is -0.780. The van der Waals surface area contributed by atoms with Gasteiger partial charge in [0.2, 0.25) is 0 Å². The first-order valence-electron chi connectivity index (χ1n) is 9.25. The fourth-order valence-corrected chi connectivity index (χ4v) is 3.82. The van der Waals surface area contributed by atoms with Crippen molar-refractivity contribution in [2.45, 2.75) is 20.8 Å². The number of urea groups is 1. The van der Waals surface area contributed by atoms with E-state index in [0.29, 0.717) is 33.8 Å². The van der Waals surface area contributed by atoms with E-state index in [1.807, 2.05) is 26.8 Å². The number of imide groups is 2. The first-order chi connectivity index (χ1) is 14.2. The summed E-state index contributed by atoms with van der Waals surface area (Å²) in [4.78, 5) is 38.9. The van der Waals surface area contributed by atoms with Gasteiger partial charge in [0.1, 0.15) is 5.57 Å². The summed E-state index contributed by atoms with van der Waals surface area (Å²) < 4.78 is 11.5. The summed E-state index contributed by atoms with van der Waals surface area (Å²) in [7, 11) is 1.50. The molecule has 1 saturated heterocycles. The minimum Gasteiger partial charge on any atom is -0.493 e. The topological polar surface area (TPSA) is 84.9 Å².